The fourth-order valence-electron chi connectivity index (χ4n) is 2.44. The zero-order valence-corrected chi connectivity index (χ0v) is 13.8. The lowest BCUT2D eigenvalue weighted by Crippen LogP contribution is -2.13. The summed E-state index contributed by atoms with van der Waals surface area (Å²) in [5.74, 6) is -0.263. The lowest BCUT2D eigenvalue weighted by atomic mass is 10.2. The van der Waals surface area contributed by atoms with Crippen molar-refractivity contribution < 1.29 is 9.90 Å². The third kappa shape index (κ3) is 3.18. The van der Waals surface area contributed by atoms with Crippen LogP contribution in [0.15, 0.2) is 54.7 Å². The molecule has 3 aromatic rings. The molecule has 0 bridgehead atoms. The van der Waals surface area contributed by atoms with Crippen LogP contribution in [0.3, 0.4) is 0 Å². The first-order valence-electron chi connectivity index (χ1n) is 7.41. The molecule has 0 spiro atoms. The van der Waals surface area contributed by atoms with Crippen LogP contribution < -0.4 is 5.32 Å². The summed E-state index contributed by atoms with van der Waals surface area (Å²) in [6, 6.07) is 14.4. The number of para-hydroxylation sites is 1. The number of carbonyl (C=O) groups is 1. The minimum absolute atomic E-state index is 0.0762. The molecular weight excluding hydrogens is 326 g/mol. The van der Waals surface area contributed by atoms with Crippen LogP contribution in [0.5, 0.6) is 0 Å². The smallest absolute Gasteiger partial charge is 0.259 e. The lowest BCUT2D eigenvalue weighted by molar-refractivity contribution is 0.102. The van der Waals surface area contributed by atoms with Gasteiger partial charge in [-0.2, -0.15) is 5.10 Å². The van der Waals surface area contributed by atoms with E-state index < -0.39 is 0 Å². The Morgan fingerprint density at radius 1 is 1.25 bits per heavy atom. The average Bonchev–Trinajstić information content (AvgIpc) is 2.97. The summed E-state index contributed by atoms with van der Waals surface area (Å²) in [5.41, 5.74) is 3.23. The van der Waals surface area contributed by atoms with Gasteiger partial charge < -0.3 is 10.4 Å². The SMILES string of the molecule is Cc1c(C(=O)Nc2cccc(CO)c2)cnn1-c1ccccc1Cl. The first kappa shape index (κ1) is 16.2. The number of aromatic nitrogens is 2. The number of benzene rings is 2. The van der Waals surface area contributed by atoms with Crippen molar-refractivity contribution in [3.05, 3.63) is 76.6 Å². The molecule has 0 atom stereocenters. The number of anilines is 1. The maximum Gasteiger partial charge on any atom is 0.259 e. The van der Waals surface area contributed by atoms with Gasteiger partial charge >= 0.3 is 0 Å². The Morgan fingerprint density at radius 2 is 2.04 bits per heavy atom. The van der Waals surface area contributed by atoms with Crippen molar-refractivity contribution in [3.63, 3.8) is 0 Å². The van der Waals surface area contributed by atoms with E-state index in [1.54, 1.807) is 35.0 Å². The zero-order valence-electron chi connectivity index (χ0n) is 13.0. The molecule has 1 amide bonds. The number of aliphatic hydroxyl groups is 1. The Bertz CT molecular complexity index is 889. The van der Waals surface area contributed by atoms with Crippen LogP contribution in [0.25, 0.3) is 5.69 Å². The molecule has 5 nitrogen and oxygen atoms in total. The number of nitrogens with zero attached hydrogens (tertiary/aromatic N) is 2. The van der Waals surface area contributed by atoms with Gasteiger partial charge in [-0.05, 0) is 36.8 Å². The second-order valence-electron chi connectivity index (χ2n) is 5.32. The maximum absolute atomic E-state index is 12.5. The molecule has 0 aliphatic carbocycles. The molecule has 1 aromatic heterocycles. The summed E-state index contributed by atoms with van der Waals surface area (Å²) in [6.45, 7) is 1.74. The van der Waals surface area contributed by atoms with E-state index >= 15 is 0 Å². The molecule has 6 heteroatoms. The van der Waals surface area contributed by atoms with Gasteiger partial charge in [0.2, 0.25) is 0 Å². The standard InChI is InChI=1S/C18H16ClN3O2/c1-12-15(10-20-22(12)17-8-3-2-7-16(17)19)18(24)21-14-6-4-5-13(9-14)11-23/h2-10,23H,11H2,1H3,(H,21,24). The Morgan fingerprint density at radius 3 is 2.79 bits per heavy atom. The highest BCUT2D eigenvalue weighted by Gasteiger charge is 2.16. The van der Waals surface area contributed by atoms with Crippen LogP contribution in [-0.2, 0) is 6.61 Å². The molecule has 122 valence electrons. The molecule has 0 aliphatic heterocycles. The molecule has 2 N–H and O–H groups in total. The number of rotatable bonds is 4. The normalized spacial score (nSPS) is 10.6. The summed E-state index contributed by atoms with van der Waals surface area (Å²) in [6.07, 6.45) is 1.52. The summed E-state index contributed by atoms with van der Waals surface area (Å²) in [7, 11) is 0. The van der Waals surface area contributed by atoms with Crippen molar-refractivity contribution in [1.29, 1.82) is 0 Å². The van der Waals surface area contributed by atoms with Crippen molar-refractivity contribution in [3.8, 4) is 5.69 Å². The summed E-state index contributed by atoms with van der Waals surface area (Å²) >= 11 is 6.20. The highest BCUT2D eigenvalue weighted by Crippen LogP contribution is 2.22. The van der Waals surface area contributed by atoms with Crippen LogP contribution in [0, 0.1) is 6.92 Å². The number of amides is 1. The molecule has 0 saturated heterocycles. The van der Waals surface area contributed by atoms with E-state index in [0.29, 0.717) is 22.0 Å². The average molecular weight is 342 g/mol. The molecule has 2 aromatic carbocycles. The Labute approximate surface area is 144 Å². The number of hydrogen-bond donors (Lipinski definition) is 2. The predicted molar refractivity (Wildman–Crippen MR) is 93.6 cm³/mol. The number of aliphatic hydroxyl groups excluding tert-OH is 1. The van der Waals surface area contributed by atoms with Gasteiger partial charge in [-0.15, -0.1) is 0 Å². The van der Waals surface area contributed by atoms with Crippen molar-refractivity contribution >= 4 is 23.2 Å². The minimum atomic E-state index is -0.263. The van der Waals surface area contributed by atoms with Gasteiger partial charge in [-0.1, -0.05) is 35.9 Å². The van der Waals surface area contributed by atoms with E-state index in [-0.39, 0.29) is 12.5 Å². The Kier molecular flexibility index (Phi) is 4.64. The van der Waals surface area contributed by atoms with E-state index in [2.05, 4.69) is 10.4 Å². The molecule has 3 rings (SSSR count). The van der Waals surface area contributed by atoms with Crippen molar-refractivity contribution in [2.24, 2.45) is 0 Å². The second-order valence-corrected chi connectivity index (χ2v) is 5.73. The number of hydrogen-bond acceptors (Lipinski definition) is 3. The molecular formula is C18H16ClN3O2. The highest BCUT2D eigenvalue weighted by molar-refractivity contribution is 6.32. The fourth-order valence-corrected chi connectivity index (χ4v) is 2.66. The Balaban J connectivity index is 1.88. The molecule has 24 heavy (non-hydrogen) atoms. The first-order chi connectivity index (χ1) is 11.6. The largest absolute Gasteiger partial charge is 0.392 e. The van der Waals surface area contributed by atoms with Crippen molar-refractivity contribution in [2.75, 3.05) is 5.32 Å². The molecule has 0 radical (unpaired) electrons. The van der Waals surface area contributed by atoms with Gasteiger partial charge in [0.25, 0.3) is 5.91 Å². The van der Waals surface area contributed by atoms with E-state index in [9.17, 15) is 9.90 Å². The van der Waals surface area contributed by atoms with Gasteiger partial charge in [0.05, 0.1) is 34.8 Å². The summed E-state index contributed by atoms with van der Waals surface area (Å²) in [5, 5.41) is 16.8. The maximum atomic E-state index is 12.5. The van der Waals surface area contributed by atoms with E-state index in [0.717, 1.165) is 11.3 Å². The van der Waals surface area contributed by atoms with Gasteiger partial charge in [0.15, 0.2) is 0 Å². The van der Waals surface area contributed by atoms with Gasteiger partial charge in [-0.25, -0.2) is 4.68 Å². The predicted octanol–water partition coefficient (Wildman–Crippen LogP) is 3.58. The highest BCUT2D eigenvalue weighted by atomic mass is 35.5. The number of carbonyl (C=O) groups excluding carboxylic acids is 1. The van der Waals surface area contributed by atoms with Gasteiger partial charge in [0, 0.05) is 5.69 Å². The minimum Gasteiger partial charge on any atom is -0.392 e. The lowest BCUT2D eigenvalue weighted by Gasteiger charge is -2.08. The second kappa shape index (κ2) is 6.86. The third-order valence-electron chi connectivity index (χ3n) is 3.70. The molecule has 0 saturated carbocycles. The van der Waals surface area contributed by atoms with Crippen LogP contribution >= 0.6 is 11.6 Å². The number of halogens is 1. The van der Waals surface area contributed by atoms with Crippen molar-refractivity contribution in [2.45, 2.75) is 13.5 Å². The summed E-state index contributed by atoms with van der Waals surface area (Å²) < 4.78 is 1.64. The number of nitrogens with one attached hydrogen (secondary N) is 1. The molecule has 0 aliphatic rings. The van der Waals surface area contributed by atoms with Crippen LogP contribution in [0.4, 0.5) is 5.69 Å². The quantitative estimate of drug-likeness (QED) is 0.762. The zero-order chi connectivity index (χ0) is 17.1. The monoisotopic (exact) mass is 341 g/mol. The van der Waals surface area contributed by atoms with E-state index in [1.807, 2.05) is 25.1 Å². The molecule has 0 fully saturated rings. The third-order valence-corrected chi connectivity index (χ3v) is 4.02. The Hall–Kier alpha value is -2.63. The van der Waals surface area contributed by atoms with E-state index in [1.165, 1.54) is 6.20 Å². The summed E-state index contributed by atoms with van der Waals surface area (Å²) in [4.78, 5) is 12.5. The van der Waals surface area contributed by atoms with Crippen LogP contribution in [-0.4, -0.2) is 20.8 Å². The molecule has 0 unspecified atom stereocenters. The topological polar surface area (TPSA) is 67.2 Å². The molecule has 1 heterocycles. The van der Waals surface area contributed by atoms with Gasteiger partial charge in [-0.3, -0.25) is 4.79 Å². The van der Waals surface area contributed by atoms with Crippen LogP contribution in [0.1, 0.15) is 21.6 Å². The van der Waals surface area contributed by atoms with Gasteiger partial charge in [0.1, 0.15) is 0 Å². The van der Waals surface area contributed by atoms with E-state index in [4.69, 9.17) is 11.6 Å². The fraction of sp³-hybridized carbons (Fsp3) is 0.111. The van der Waals surface area contributed by atoms with Crippen LogP contribution in [0.2, 0.25) is 5.02 Å². The van der Waals surface area contributed by atoms with Crippen molar-refractivity contribution in [1.82, 2.24) is 9.78 Å². The first-order valence-corrected chi connectivity index (χ1v) is 7.78.